The van der Waals surface area contributed by atoms with Crippen LogP contribution in [0.25, 0.3) is 0 Å². The van der Waals surface area contributed by atoms with Crippen molar-refractivity contribution in [3.05, 3.63) is 48.0 Å². The summed E-state index contributed by atoms with van der Waals surface area (Å²) in [5.74, 6) is 0.778. The summed E-state index contributed by atoms with van der Waals surface area (Å²) in [5, 5.41) is 0. The van der Waals surface area contributed by atoms with Gasteiger partial charge in [-0.05, 0) is 42.4 Å². The first-order chi connectivity index (χ1) is 13.5. The van der Waals surface area contributed by atoms with Gasteiger partial charge in [0.2, 0.25) is 0 Å². The Balaban J connectivity index is 2.11. The molecule has 0 aliphatic carbocycles. The Kier molecular flexibility index (Phi) is 7.00. The van der Waals surface area contributed by atoms with Crippen LogP contribution in [0.15, 0.2) is 52.3 Å². The third-order valence-electron chi connectivity index (χ3n) is 5.29. The Bertz CT molecular complexity index is 825. The molecule has 2 aromatic rings. The largest absolute Gasteiger partial charge is 0.465 e. The number of hydrogen-bond acceptors (Lipinski definition) is 5. The second-order valence-electron chi connectivity index (χ2n) is 7.64. The number of para-hydroxylation sites is 1. The lowest BCUT2D eigenvalue weighted by Crippen LogP contribution is -2.33. The van der Waals surface area contributed by atoms with Gasteiger partial charge < -0.3 is 9.64 Å². The number of fused-ring (bicyclic) bond motifs is 1. The Labute approximate surface area is 177 Å². The van der Waals surface area contributed by atoms with Gasteiger partial charge in [0.1, 0.15) is 0 Å². The van der Waals surface area contributed by atoms with Gasteiger partial charge >= 0.3 is 5.97 Å². The first-order valence-corrected chi connectivity index (χ1v) is 12.0. The highest BCUT2D eigenvalue weighted by molar-refractivity contribution is 7.99. The van der Waals surface area contributed by atoms with Gasteiger partial charge in [0.15, 0.2) is 0 Å². The number of methoxy groups -OCH3 is 1. The smallest absolute Gasteiger partial charge is 0.339 e. The predicted molar refractivity (Wildman–Crippen MR) is 121 cm³/mol. The summed E-state index contributed by atoms with van der Waals surface area (Å²) < 4.78 is 5.03. The van der Waals surface area contributed by atoms with Gasteiger partial charge in [0, 0.05) is 27.8 Å². The molecule has 0 spiro atoms. The number of carbonyl (C=O) groups excluding carboxylic acids is 1. The van der Waals surface area contributed by atoms with Crippen molar-refractivity contribution in [2.45, 2.75) is 42.9 Å². The molecule has 1 heterocycles. The number of nitrogens with zero attached hydrogens (tertiary/aromatic N) is 1. The summed E-state index contributed by atoms with van der Waals surface area (Å²) >= 11 is 3.46. The van der Waals surface area contributed by atoms with E-state index in [9.17, 15) is 4.79 Å². The third kappa shape index (κ3) is 4.52. The minimum absolute atomic E-state index is 0.209. The maximum absolute atomic E-state index is 12.3. The number of rotatable bonds is 6. The lowest BCUT2D eigenvalue weighted by atomic mass is 9.86. The van der Waals surface area contributed by atoms with Crippen molar-refractivity contribution in [3.63, 3.8) is 0 Å². The molecule has 2 aromatic carbocycles. The Morgan fingerprint density at radius 2 is 2.04 bits per heavy atom. The number of unbranched alkanes of at least 4 members (excludes halogenated alkanes) is 1. The van der Waals surface area contributed by atoms with Crippen LogP contribution in [0.1, 0.15) is 43.5 Å². The van der Waals surface area contributed by atoms with Gasteiger partial charge in [0.25, 0.3) is 0 Å². The van der Waals surface area contributed by atoms with Crippen molar-refractivity contribution >= 4 is 40.9 Å². The van der Waals surface area contributed by atoms with E-state index in [1.165, 1.54) is 37.7 Å². The minimum atomic E-state index is -0.267. The zero-order valence-corrected chi connectivity index (χ0v) is 18.8. The molecule has 150 valence electrons. The van der Waals surface area contributed by atoms with Crippen molar-refractivity contribution < 1.29 is 9.53 Å². The molecular weight excluding hydrogens is 386 g/mol. The molecule has 0 N–H and O–H groups in total. The summed E-state index contributed by atoms with van der Waals surface area (Å²) in [7, 11) is 1.45. The zero-order valence-electron chi connectivity index (χ0n) is 17.2. The van der Waals surface area contributed by atoms with Gasteiger partial charge in [-0.2, -0.15) is 0 Å². The van der Waals surface area contributed by atoms with E-state index in [1.54, 1.807) is 11.8 Å². The number of anilines is 2. The molecule has 0 saturated carbocycles. The first-order valence-electron chi connectivity index (χ1n) is 9.77. The van der Waals surface area contributed by atoms with Crippen LogP contribution in [0.4, 0.5) is 11.4 Å². The fourth-order valence-electron chi connectivity index (χ4n) is 3.67. The Morgan fingerprint density at radius 3 is 2.68 bits per heavy atom. The van der Waals surface area contributed by atoms with E-state index < -0.39 is 0 Å². The predicted octanol–water partition coefficient (Wildman–Crippen LogP) is 6.64. The van der Waals surface area contributed by atoms with Crippen LogP contribution in [0, 0.1) is 5.41 Å². The highest BCUT2D eigenvalue weighted by Gasteiger charge is 2.33. The van der Waals surface area contributed by atoms with Gasteiger partial charge in [0.05, 0.1) is 18.4 Å². The summed E-state index contributed by atoms with van der Waals surface area (Å²) in [4.78, 5) is 16.9. The monoisotopic (exact) mass is 415 g/mol. The molecule has 1 atom stereocenters. The number of benzene rings is 2. The maximum atomic E-state index is 12.3. The van der Waals surface area contributed by atoms with E-state index in [-0.39, 0.29) is 11.4 Å². The molecule has 0 saturated heterocycles. The summed E-state index contributed by atoms with van der Waals surface area (Å²) in [6.45, 7) is 5.63. The summed E-state index contributed by atoms with van der Waals surface area (Å²) in [6.07, 6.45) is 5.66. The third-order valence-corrected chi connectivity index (χ3v) is 7.55. The van der Waals surface area contributed by atoms with E-state index in [2.05, 4.69) is 55.1 Å². The quantitative estimate of drug-likeness (QED) is 0.390. The molecule has 1 aliphatic rings. The highest BCUT2D eigenvalue weighted by Crippen LogP contribution is 2.46. The van der Waals surface area contributed by atoms with Crippen LogP contribution in [-0.4, -0.2) is 31.6 Å². The molecule has 3 rings (SSSR count). The van der Waals surface area contributed by atoms with Crippen molar-refractivity contribution in [1.82, 2.24) is 0 Å². The van der Waals surface area contributed by atoms with Crippen molar-refractivity contribution in [3.8, 4) is 0 Å². The minimum Gasteiger partial charge on any atom is -0.465 e. The molecule has 1 unspecified atom stereocenters. The van der Waals surface area contributed by atoms with Gasteiger partial charge in [-0.3, -0.25) is 0 Å². The molecule has 5 heteroatoms. The SMILES string of the molecule is CCCCC1(C)CSc2cc(C(=O)OC)c(SC)cc2N(c2ccccc2)C1. The fraction of sp³-hybridized carbons (Fsp3) is 0.435. The molecule has 0 fully saturated rings. The van der Waals surface area contributed by atoms with Crippen LogP contribution in [0.5, 0.6) is 0 Å². The molecular formula is C23H29NO2S2. The van der Waals surface area contributed by atoms with E-state index in [0.717, 1.165) is 22.1 Å². The molecule has 0 bridgehead atoms. The molecule has 0 amide bonds. The lowest BCUT2D eigenvalue weighted by molar-refractivity contribution is 0.0596. The summed E-state index contributed by atoms with van der Waals surface area (Å²) in [5.41, 5.74) is 3.26. The standard InChI is InChI=1S/C23H29NO2S2/c1-5-6-12-23(2)15-24(17-10-8-7-9-11-17)19-14-20(27-4)18(22(25)26-3)13-21(19)28-16-23/h7-11,13-14H,5-6,12,15-16H2,1-4H3. The molecule has 3 nitrogen and oxygen atoms in total. The maximum Gasteiger partial charge on any atom is 0.339 e. The highest BCUT2D eigenvalue weighted by atomic mass is 32.2. The zero-order chi connectivity index (χ0) is 20.1. The van der Waals surface area contributed by atoms with E-state index in [0.29, 0.717) is 5.56 Å². The van der Waals surface area contributed by atoms with Crippen molar-refractivity contribution in [2.24, 2.45) is 5.41 Å². The van der Waals surface area contributed by atoms with E-state index in [4.69, 9.17) is 4.74 Å². The molecule has 0 aromatic heterocycles. The second kappa shape index (κ2) is 9.27. The molecule has 28 heavy (non-hydrogen) atoms. The van der Waals surface area contributed by atoms with Crippen LogP contribution < -0.4 is 4.90 Å². The van der Waals surface area contributed by atoms with Gasteiger partial charge in [-0.1, -0.05) is 44.9 Å². The fourth-order valence-corrected chi connectivity index (χ4v) is 5.52. The van der Waals surface area contributed by atoms with Crippen LogP contribution >= 0.6 is 23.5 Å². The van der Waals surface area contributed by atoms with Crippen LogP contribution in [-0.2, 0) is 4.74 Å². The Morgan fingerprint density at radius 1 is 1.29 bits per heavy atom. The number of thioether (sulfide) groups is 2. The molecule has 1 aliphatic heterocycles. The second-order valence-corrected chi connectivity index (χ2v) is 9.50. The number of esters is 1. The first kappa shape index (κ1) is 21.1. The van der Waals surface area contributed by atoms with Crippen LogP contribution in [0.3, 0.4) is 0 Å². The summed E-state index contributed by atoms with van der Waals surface area (Å²) in [6, 6.07) is 14.8. The van der Waals surface area contributed by atoms with E-state index >= 15 is 0 Å². The topological polar surface area (TPSA) is 29.5 Å². The Hall–Kier alpha value is -1.59. The van der Waals surface area contributed by atoms with Gasteiger partial charge in [-0.25, -0.2) is 4.79 Å². The number of carbonyl (C=O) groups is 1. The number of ether oxygens (including phenoxy) is 1. The average molecular weight is 416 g/mol. The normalized spacial score (nSPS) is 19.1. The van der Waals surface area contributed by atoms with Crippen LogP contribution in [0.2, 0.25) is 0 Å². The van der Waals surface area contributed by atoms with Crippen molar-refractivity contribution in [2.75, 3.05) is 30.6 Å². The van der Waals surface area contributed by atoms with Crippen molar-refractivity contribution in [1.29, 1.82) is 0 Å². The lowest BCUT2D eigenvalue weighted by Gasteiger charge is -2.34. The average Bonchev–Trinajstić information content (AvgIpc) is 2.88. The van der Waals surface area contributed by atoms with E-state index in [1.807, 2.05) is 24.1 Å². The number of hydrogen-bond donors (Lipinski definition) is 0. The van der Waals surface area contributed by atoms with Gasteiger partial charge in [-0.15, -0.1) is 23.5 Å². The molecule has 0 radical (unpaired) electrons.